The lowest BCUT2D eigenvalue weighted by atomic mass is 9.91. The molecular weight excluding hydrogens is 356 g/mol. The Balaban J connectivity index is 1.19. The maximum Gasteiger partial charge on any atom is 0.255 e. The van der Waals surface area contributed by atoms with Gasteiger partial charge in [-0.15, -0.1) is 0 Å². The molecule has 0 radical (unpaired) electrons. The molecule has 4 heterocycles. The van der Waals surface area contributed by atoms with E-state index in [-0.39, 0.29) is 17.9 Å². The van der Waals surface area contributed by atoms with Crippen LogP contribution < -0.4 is 5.32 Å². The van der Waals surface area contributed by atoms with Gasteiger partial charge in [-0.3, -0.25) is 9.59 Å². The predicted molar refractivity (Wildman–Crippen MR) is 105 cm³/mol. The normalized spacial score (nSPS) is 20.6. The van der Waals surface area contributed by atoms with E-state index in [1.807, 2.05) is 33.8 Å². The van der Waals surface area contributed by atoms with Gasteiger partial charge in [-0.25, -0.2) is 4.98 Å². The number of piperidine rings is 1. The minimum Gasteiger partial charge on any atom is -0.376 e. The average Bonchev–Trinajstić information content (AvgIpc) is 3.41. The van der Waals surface area contributed by atoms with Crippen LogP contribution in [0.25, 0.3) is 5.65 Å². The number of carbonyl (C=O) groups is 2. The summed E-state index contributed by atoms with van der Waals surface area (Å²) < 4.78 is 7.40. The van der Waals surface area contributed by atoms with Crippen LogP contribution in [0.15, 0.2) is 30.7 Å². The molecule has 2 saturated heterocycles. The molecule has 0 bridgehead atoms. The molecule has 2 amide bonds. The highest BCUT2D eigenvalue weighted by Gasteiger charge is 2.24. The van der Waals surface area contributed by atoms with Crippen LogP contribution in [0.4, 0.5) is 0 Å². The van der Waals surface area contributed by atoms with Gasteiger partial charge in [0.1, 0.15) is 5.65 Å². The molecular formula is C21H28N4O3. The van der Waals surface area contributed by atoms with Gasteiger partial charge in [-0.05, 0) is 50.2 Å². The van der Waals surface area contributed by atoms with E-state index in [0.29, 0.717) is 24.4 Å². The number of likely N-dealkylation sites (tertiary alicyclic amines) is 1. The molecule has 4 rings (SSSR count). The number of nitrogens with one attached hydrogen (secondary N) is 1. The van der Waals surface area contributed by atoms with E-state index in [9.17, 15) is 9.59 Å². The second kappa shape index (κ2) is 8.73. The largest absolute Gasteiger partial charge is 0.376 e. The average molecular weight is 384 g/mol. The smallest absolute Gasteiger partial charge is 0.255 e. The lowest BCUT2D eigenvalue weighted by Gasteiger charge is -2.32. The Morgan fingerprint density at radius 2 is 2.07 bits per heavy atom. The number of nitrogens with zero attached hydrogens (tertiary/aromatic N) is 3. The Hall–Kier alpha value is -2.41. The molecule has 0 aromatic carbocycles. The monoisotopic (exact) mass is 384 g/mol. The Morgan fingerprint density at radius 3 is 2.86 bits per heavy atom. The highest BCUT2D eigenvalue weighted by atomic mass is 16.5. The summed E-state index contributed by atoms with van der Waals surface area (Å²) in [6.45, 7) is 2.95. The van der Waals surface area contributed by atoms with Crippen LogP contribution >= 0.6 is 0 Å². The standard InChI is InChI=1S/C21H28N4O3/c26-20(23-14-18-2-1-13-28-18)6-3-16-7-10-24(11-8-16)21(27)17-4-5-19-22-9-12-25(19)15-17/h4-5,9,12,15-16,18H,1-3,6-8,10-11,13-14H2,(H,23,26)/t18-/m1/s1. The van der Waals surface area contributed by atoms with Gasteiger partial charge in [0.15, 0.2) is 0 Å². The fourth-order valence-electron chi connectivity index (χ4n) is 4.11. The van der Waals surface area contributed by atoms with Crippen LogP contribution in [0.3, 0.4) is 0 Å². The van der Waals surface area contributed by atoms with Gasteiger partial charge in [-0.1, -0.05) is 0 Å². The topological polar surface area (TPSA) is 75.9 Å². The van der Waals surface area contributed by atoms with E-state index in [4.69, 9.17) is 4.74 Å². The number of hydrogen-bond donors (Lipinski definition) is 1. The minimum atomic E-state index is 0.0726. The number of imidazole rings is 1. The number of fused-ring (bicyclic) bond motifs is 1. The molecule has 2 aliphatic heterocycles. The molecule has 0 aliphatic carbocycles. The molecule has 2 aromatic rings. The van der Waals surface area contributed by atoms with Crippen LogP contribution in [0.5, 0.6) is 0 Å². The van der Waals surface area contributed by atoms with Crippen molar-refractivity contribution in [3.05, 3.63) is 36.3 Å². The molecule has 1 N–H and O–H groups in total. The van der Waals surface area contributed by atoms with Crippen LogP contribution in [0.2, 0.25) is 0 Å². The van der Waals surface area contributed by atoms with Crippen LogP contribution in [-0.4, -0.2) is 58.4 Å². The predicted octanol–water partition coefficient (Wildman–Crippen LogP) is 2.26. The third kappa shape index (κ3) is 4.52. The number of carbonyl (C=O) groups excluding carboxylic acids is 2. The third-order valence-corrected chi connectivity index (χ3v) is 5.87. The van der Waals surface area contributed by atoms with Crippen molar-refractivity contribution in [2.45, 2.75) is 44.6 Å². The van der Waals surface area contributed by atoms with E-state index in [1.54, 1.807) is 6.20 Å². The van der Waals surface area contributed by atoms with Crippen LogP contribution in [0, 0.1) is 5.92 Å². The summed E-state index contributed by atoms with van der Waals surface area (Å²) in [7, 11) is 0. The summed E-state index contributed by atoms with van der Waals surface area (Å²) in [5.41, 5.74) is 1.53. The molecule has 7 nitrogen and oxygen atoms in total. The first-order valence-electron chi connectivity index (χ1n) is 10.3. The zero-order chi connectivity index (χ0) is 19.3. The van der Waals surface area contributed by atoms with Gasteiger partial charge in [-0.2, -0.15) is 0 Å². The summed E-state index contributed by atoms with van der Waals surface area (Å²) in [6, 6.07) is 3.71. The Morgan fingerprint density at radius 1 is 1.21 bits per heavy atom. The summed E-state index contributed by atoms with van der Waals surface area (Å²) in [4.78, 5) is 30.9. The molecule has 0 saturated carbocycles. The number of pyridine rings is 1. The Labute approximate surface area is 165 Å². The van der Waals surface area contributed by atoms with Gasteiger partial charge in [0.05, 0.1) is 11.7 Å². The van der Waals surface area contributed by atoms with Crippen molar-refractivity contribution in [2.75, 3.05) is 26.2 Å². The molecule has 2 fully saturated rings. The van der Waals surface area contributed by atoms with Gasteiger partial charge < -0.3 is 19.4 Å². The Kier molecular flexibility index (Phi) is 5.90. The first-order valence-corrected chi connectivity index (χ1v) is 10.3. The highest BCUT2D eigenvalue weighted by molar-refractivity contribution is 5.94. The number of rotatable bonds is 6. The number of ether oxygens (including phenoxy) is 1. The van der Waals surface area contributed by atoms with E-state index in [2.05, 4.69) is 10.3 Å². The summed E-state index contributed by atoms with van der Waals surface area (Å²) >= 11 is 0. The minimum absolute atomic E-state index is 0.0726. The van der Waals surface area contributed by atoms with Crippen LogP contribution in [-0.2, 0) is 9.53 Å². The first-order chi connectivity index (χ1) is 13.7. The summed E-state index contributed by atoms with van der Waals surface area (Å²) in [5.74, 6) is 0.694. The first kappa shape index (κ1) is 18.9. The maximum absolute atomic E-state index is 12.8. The van der Waals surface area contributed by atoms with E-state index < -0.39 is 0 Å². The van der Waals surface area contributed by atoms with E-state index in [0.717, 1.165) is 57.4 Å². The van der Waals surface area contributed by atoms with E-state index in [1.165, 1.54) is 0 Å². The van der Waals surface area contributed by atoms with Crippen LogP contribution in [0.1, 0.15) is 48.9 Å². The summed E-state index contributed by atoms with van der Waals surface area (Å²) in [6.07, 6.45) is 11.1. The second-order valence-electron chi connectivity index (χ2n) is 7.82. The van der Waals surface area contributed by atoms with Gasteiger partial charge in [0.25, 0.3) is 5.91 Å². The quantitative estimate of drug-likeness (QED) is 0.829. The van der Waals surface area contributed by atoms with Gasteiger partial charge in [0.2, 0.25) is 5.91 Å². The number of amides is 2. The lowest BCUT2D eigenvalue weighted by Crippen LogP contribution is -2.39. The molecule has 28 heavy (non-hydrogen) atoms. The van der Waals surface area contributed by atoms with Crippen molar-refractivity contribution in [2.24, 2.45) is 5.92 Å². The number of aromatic nitrogens is 2. The maximum atomic E-state index is 12.8. The molecule has 2 aromatic heterocycles. The molecule has 0 unspecified atom stereocenters. The van der Waals surface area contributed by atoms with Gasteiger partial charge >= 0.3 is 0 Å². The molecule has 1 atom stereocenters. The second-order valence-corrected chi connectivity index (χ2v) is 7.82. The fourth-order valence-corrected chi connectivity index (χ4v) is 4.11. The third-order valence-electron chi connectivity index (χ3n) is 5.87. The fraction of sp³-hybridized carbons (Fsp3) is 0.571. The van der Waals surface area contributed by atoms with Crippen molar-refractivity contribution < 1.29 is 14.3 Å². The lowest BCUT2D eigenvalue weighted by molar-refractivity contribution is -0.122. The zero-order valence-electron chi connectivity index (χ0n) is 16.2. The number of hydrogen-bond acceptors (Lipinski definition) is 4. The highest BCUT2D eigenvalue weighted by Crippen LogP contribution is 2.23. The van der Waals surface area contributed by atoms with Crippen molar-refractivity contribution in [3.63, 3.8) is 0 Å². The molecule has 150 valence electrons. The van der Waals surface area contributed by atoms with E-state index >= 15 is 0 Å². The zero-order valence-corrected chi connectivity index (χ0v) is 16.2. The van der Waals surface area contributed by atoms with Crippen molar-refractivity contribution in [1.29, 1.82) is 0 Å². The molecule has 2 aliphatic rings. The SMILES string of the molecule is O=C(CCC1CCN(C(=O)c2ccc3nccn3c2)CC1)NC[C@H]1CCCO1. The van der Waals surface area contributed by atoms with Crippen molar-refractivity contribution in [3.8, 4) is 0 Å². The van der Waals surface area contributed by atoms with Crippen molar-refractivity contribution in [1.82, 2.24) is 19.6 Å². The van der Waals surface area contributed by atoms with Gasteiger partial charge in [0, 0.05) is 51.3 Å². The molecule has 7 heteroatoms. The molecule has 0 spiro atoms. The summed E-state index contributed by atoms with van der Waals surface area (Å²) in [5, 5.41) is 2.99. The Bertz CT molecular complexity index is 820. The van der Waals surface area contributed by atoms with Crippen molar-refractivity contribution >= 4 is 17.5 Å².